The average Bonchev–Trinajstić information content (AvgIpc) is 1.89. The lowest BCUT2D eigenvalue weighted by Crippen LogP contribution is -2.32. The molecule has 0 heterocycles. The lowest BCUT2D eigenvalue weighted by atomic mass is 10.6. The summed E-state index contributed by atoms with van der Waals surface area (Å²) in [6.07, 6.45) is -1.27. The largest absolute Gasteiger partial charge is 0.394 e. The molecule has 6 heteroatoms. The highest BCUT2D eigenvalue weighted by Crippen LogP contribution is 2.09. The third-order valence-electron chi connectivity index (χ3n) is 0.776. The maximum Gasteiger partial charge on any atom is 0.191 e. The van der Waals surface area contributed by atoms with Gasteiger partial charge in [0, 0.05) is 0 Å². The van der Waals surface area contributed by atoms with Crippen molar-refractivity contribution in [3.05, 3.63) is 0 Å². The van der Waals surface area contributed by atoms with E-state index >= 15 is 0 Å². The van der Waals surface area contributed by atoms with Crippen molar-refractivity contribution in [2.45, 2.75) is 12.1 Å². The van der Waals surface area contributed by atoms with E-state index in [1.807, 2.05) is 0 Å². The second-order valence-corrected chi connectivity index (χ2v) is 2.30. The second-order valence-electron chi connectivity index (χ2n) is 1.58. The van der Waals surface area contributed by atoms with Gasteiger partial charge in [-0.3, -0.25) is 4.57 Å². The van der Waals surface area contributed by atoms with E-state index in [1.165, 1.54) is 0 Å². The Bertz CT molecular complexity index is 99.3. The zero-order chi connectivity index (χ0) is 7.98. The van der Waals surface area contributed by atoms with Crippen molar-refractivity contribution in [2.75, 3.05) is 13.2 Å². The van der Waals surface area contributed by atoms with E-state index in [0.29, 0.717) is 0 Å². The van der Waals surface area contributed by atoms with Gasteiger partial charge in [-0.2, -0.15) is 0 Å². The number of aliphatic hydroxyl groups excluding tert-OH is 2. The number of aliphatic hydroxyl groups is 2. The van der Waals surface area contributed by atoms with Crippen LogP contribution >= 0.6 is 8.46 Å². The molecule has 2 unspecified atom stereocenters. The summed E-state index contributed by atoms with van der Waals surface area (Å²) < 4.78 is 14.8. The van der Waals surface area contributed by atoms with Crippen molar-refractivity contribution < 1.29 is 19.5 Å². The highest BCUT2D eigenvalue weighted by molar-refractivity contribution is 7.24. The van der Waals surface area contributed by atoms with E-state index in [9.17, 15) is 4.57 Å². The van der Waals surface area contributed by atoms with Crippen LogP contribution in [0.25, 0.3) is 0 Å². The van der Waals surface area contributed by atoms with Gasteiger partial charge in [0.05, 0.1) is 13.2 Å². The van der Waals surface area contributed by atoms with Gasteiger partial charge in [-0.05, 0) is 0 Å². The van der Waals surface area contributed by atoms with Crippen LogP contribution < -0.4 is 5.73 Å². The van der Waals surface area contributed by atoms with Crippen LogP contribution in [0.1, 0.15) is 0 Å². The van der Waals surface area contributed by atoms with Gasteiger partial charge in [-0.15, -0.1) is 0 Å². The molecule has 0 aromatic heterocycles. The van der Waals surface area contributed by atoms with E-state index in [2.05, 4.69) is 4.74 Å². The SMILES string of the molecule is NC(O)C(OCCO)P=O. The quantitative estimate of drug-likeness (QED) is 0.356. The molecule has 60 valence electrons. The Morgan fingerprint density at radius 1 is 1.70 bits per heavy atom. The molecule has 5 nitrogen and oxygen atoms in total. The molecule has 0 spiro atoms. The predicted molar refractivity (Wildman–Crippen MR) is 34.6 cm³/mol. The molecule has 0 saturated heterocycles. The maximum absolute atomic E-state index is 10.1. The highest BCUT2D eigenvalue weighted by Gasteiger charge is 2.14. The number of rotatable bonds is 5. The van der Waals surface area contributed by atoms with Gasteiger partial charge in [0.1, 0.15) is 6.23 Å². The Morgan fingerprint density at radius 2 is 2.30 bits per heavy atom. The third-order valence-corrected chi connectivity index (χ3v) is 1.44. The predicted octanol–water partition coefficient (Wildman–Crippen LogP) is -1.11. The summed E-state index contributed by atoms with van der Waals surface area (Å²) in [6, 6.07) is 0. The Kier molecular flexibility index (Phi) is 5.67. The Hall–Kier alpha value is -0.0600. The fourth-order valence-electron chi connectivity index (χ4n) is 0.365. The monoisotopic (exact) mass is 167 g/mol. The van der Waals surface area contributed by atoms with Crippen LogP contribution in [0.5, 0.6) is 0 Å². The minimum atomic E-state index is -1.27. The van der Waals surface area contributed by atoms with Crippen LogP contribution in [0.2, 0.25) is 0 Å². The van der Waals surface area contributed by atoms with Crippen LogP contribution in [-0.4, -0.2) is 35.5 Å². The summed E-state index contributed by atoms with van der Waals surface area (Å²) in [4.78, 5) is 0. The summed E-state index contributed by atoms with van der Waals surface area (Å²) >= 11 is 0. The summed E-state index contributed by atoms with van der Waals surface area (Å²) in [7, 11) is -0.380. The van der Waals surface area contributed by atoms with Crippen LogP contribution in [0.3, 0.4) is 0 Å². The summed E-state index contributed by atoms with van der Waals surface area (Å²) in [5.41, 5.74) is 4.93. The molecule has 0 amide bonds. The molecular formula is C4H10NO4P. The first-order valence-electron chi connectivity index (χ1n) is 2.71. The van der Waals surface area contributed by atoms with E-state index < -0.39 is 12.1 Å². The van der Waals surface area contributed by atoms with Gasteiger partial charge in [-0.25, -0.2) is 0 Å². The molecule has 0 aliphatic heterocycles. The van der Waals surface area contributed by atoms with Crippen molar-refractivity contribution in [1.82, 2.24) is 0 Å². The van der Waals surface area contributed by atoms with Crippen molar-refractivity contribution >= 4 is 8.46 Å². The summed E-state index contributed by atoms with van der Waals surface area (Å²) in [5.74, 6) is -0.938. The fraction of sp³-hybridized carbons (Fsp3) is 1.00. The first-order chi connectivity index (χ1) is 4.72. The van der Waals surface area contributed by atoms with Crippen LogP contribution in [0.15, 0.2) is 0 Å². The van der Waals surface area contributed by atoms with Gasteiger partial charge in [0.2, 0.25) is 0 Å². The lowest BCUT2D eigenvalue weighted by molar-refractivity contribution is 0.000621. The molecule has 0 saturated carbocycles. The number of nitrogens with two attached hydrogens (primary N) is 1. The molecule has 4 N–H and O–H groups in total. The molecule has 0 aliphatic carbocycles. The number of hydrogen-bond donors (Lipinski definition) is 3. The Balaban J connectivity index is 3.50. The molecule has 2 atom stereocenters. The van der Waals surface area contributed by atoms with E-state index in [-0.39, 0.29) is 21.7 Å². The Labute approximate surface area is 60.0 Å². The summed E-state index contributed by atoms with van der Waals surface area (Å²) in [6.45, 7) is -0.160. The molecule has 0 radical (unpaired) electrons. The number of hydrogen-bond acceptors (Lipinski definition) is 5. The van der Waals surface area contributed by atoms with Crippen LogP contribution in [-0.2, 0) is 9.30 Å². The van der Waals surface area contributed by atoms with Crippen molar-refractivity contribution in [1.29, 1.82) is 0 Å². The van der Waals surface area contributed by atoms with Gasteiger partial charge >= 0.3 is 0 Å². The molecule has 0 aromatic carbocycles. The van der Waals surface area contributed by atoms with Crippen molar-refractivity contribution in [3.63, 3.8) is 0 Å². The first-order valence-corrected chi connectivity index (χ1v) is 3.59. The van der Waals surface area contributed by atoms with Crippen molar-refractivity contribution in [3.8, 4) is 0 Å². The zero-order valence-corrected chi connectivity index (χ0v) is 6.20. The van der Waals surface area contributed by atoms with Crippen LogP contribution in [0.4, 0.5) is 0 Å². The van der Waals surface area contributed by atoms with E-state index in [0.717, 1.165) is 0 Å². The minimum Gasteiger partial charge on any atom is -0.394 e. The zero-order valence-electron chi connectivity index (χ0n) is 5.30. The minimum absolute atomic E-state index is 0.0220. The second kappa shape index (κ2) is 5.70. The molecule has 0 fully saturated rings. The standard InChI is InChI=1S/C4H10NO4P/c5-3(7)4(10-8)9-2-1-6/h3-4,6-7H,1-2,5H2. The number of ether oxygens (including phenoxy) is 1. The van der Waals surface area contributed by atoms with Gasteiger partial charge < -0.3 is 20.7 Å². The Morgan fingerprint density at radius 3 is 2.60 bits per heavy atom. The van der Waals surface area contributed by atoms with Crippen LogP contribution in [0, 0.1) is 0 Å². The van der Waals surface area contributed by atoms with Gasteiger partial charge in [0.25, 0.3) is 0 Å². The average molecular weight is 167 g/mol. The molecule has 0 aliphatic rings. The van der Waals surface area contributed by atoms with E-state index in [1.54, 1.807) is 0 Å². The third kappa shape index (κ3) is 3.87. The normalized spacial score (nSPS) is 17.1. The lowest BCUT2D eigenvalue weighted by Gasteiger charge is -2.11. The molecular weight excluding hydrogens is 157 g/mol. The summed E-state index contributed by atoms with van der Waals surface area (Å²) in [5, 5.41) is 16.8. The highest BCUT2D eigenvalue weighted by atomic mass is 31.1. The topological polar surface area (TPSA) is 92.8 Å². The first kappa shape index (κ1) is 9.94. The van der Waals surface area contributed by atoms with Gasteiger partial charge in [0.15, 0.2) is 14.3 Å². The van der Waals surface area contributed by atoms with E-state index in [4.69, 9.17) is 15.9 Å². The molecule has 10 heavy (non-hydrogen) atoms. The molecule has 0 rings (SSSR count). The van der Waals surface area contributed by atoms with Gasteiger partial charge in [-0.1, -0.05) is 0 Å². The molecule has 0 aromatic rings. The fourth-order valence-corrected chi connectivity index (χ4v) is 0.656. The van der Waals surface area contributed by atoms with Crippen molar-refractivity contribution in [2.24, 2.45) is 5.73 Å². The maximum atomic E-state index is 10.1. The molecule has 0 bridgehead atoms. The smallest absolute Gasteiger partial charge is 0.191 e.